The fraction of sp³-hybridized carbons (Fsp3) is 0.250. The van der Waals surface area contributed by atoms with E-state index in [1.165, 1.54) is 6.07 Å². The van der Waals surface area contributed by atoms with E-state index in [-0.39, 0.29) is 17.8 Å². The average molecular weight is 323 g/mol. The molecule has 1 fully saturated rings. The standard InChI is InChI=1S/C20H18FNO2/c1-22(14-18-12-13-24-18)20(23)17-10-7-15(8-11-17)6-9-16-4-2-3-5-19(16)21/h2-5,7-8,10-11,18H,12-14H2,1H3. The summed E-state index contributed by atoms with van der Waals surface area (Å²) >= 11 is 0. The molecule has 0 aliphatic carbocycles. The van der Waals surface area contributed by atoms with Crippen LogP contribution in [-0.2, 0) is 4.74 Å². The van der Waals surface area contributed by atoms with Gasteiger partial charge in [0.15, 0.2) is 0 Å². The summed E-state index contributed by atoms with van der Waals surface area (Å²) in [5.74, 6) is 5.34. The summed E-state index contributed by atoms with van der Waals surface area (Å²) in [7, 11) is 1.77. The van der Waals surface area contributed by atoms with Crippen molar-refractivity contribution in [2.24, 2.45) is 0 Å². The molecule has 0 N–H and O–H groups in total. The smallest absolute Gasteiger partial charge is 0.253 e. The number of carbonyl (C=O) groups excluding carboxylic acids is 1. The molecule has 122 valence electrons. The van der Waals surface area contributed by atoms with Crippen molar-refractivity contribution in [1.82, 2.24) is 4.90 Å². The number of hydrogen-bond acceptors (Lipinski definition) is 2. The number of carbonyl (C=O) groups is 1. The van der Waals surface area contributed by atoms with Crippen LogP contribution in [0.25, 0.3) is 0 Å². The summed E-state index contributed by atoms with van der Waals surface area (Å²) in [6.45, 7) is 1.38. The van der Waals surface area contributed by atoms with Crippen LogP contribution >= 0.6 is 0 Å². The second-order valence-corrected chi connectivity index (χ2v) is 5.77. The maximum absolute atomic E-state index is 13.5. The summed E-state index contributed by atoms with van der Waals surface area (Å²) in [6.07, 6.45) is 1.16. The molecule has 0 radical (unpaired) electrons. The van der Waals surface area contributed by atoms with E-state index < -0.39 is 0 Å². The zero-order valence-corrected chi connectivity index (χ0v) is 13.5. The van der Waals surface area contributed by atoms with Gasteiger partial charge in [-0.1, -0.05) is 24.0 Å². The molecule has 1 atom stereocenters. The van der Waals surface area contributed by atoms with Crippen molar-refractivity contribution in [3.05, 3.63) is 71.0 Å². The van der Waals surface area contributed by atoms with Gasteiger partial charge in [0.1, 0.15) is 5.82 Å². The van der Waals surface area contributed by atoms with Gasteiger partial charge in [-0.25, -0.2) is 4.39 Å². The van der Waals surface area contributed by atoms with Crippen LogP contribution in [0, 0.1) is 17.7 Å². The molecule has 0 spiro atoms. The van der Waals surface area contributed by atoms with Crippen LogP contribution in [0.15, 0.2) is 48.5 Å². The van der Waals surface area contributed by atoms with Gasteiger partial charge in [-0.05, 0) is 42.8 Å². The molecule has 2 aromatic rings. The van der Waals surface area contributed by atoms with E-state index in [1.807, 2.05) is 0 Å². The number of rotatable bonds is 3. The van der Waals surface area contributed by atoms with Gasteiger partial charge < -0.3 is 9.64 Å². The Balaban J connectivity index is 1.67. The zero-order valence-electron chi connectivity index (χ0n) is 13.5. The predicted octanol–water partition coefficient (Wildman–Crippen LogP) is 3.09. The SMILES string of the molecule is CN(CC1CCO1)C(=O)c1ccc(C#Cc2ccccc2F)cc1. The van der Waals surface area contributed by atoms with Crippen molar-refractivity contribution in [2.45, 2.75) is 12.5 Å². The van der Waals surface area contributed by atoms with Crippen molar-refractivity contribution in [3.63, 3.8) is 0 Å². The predicted molar refractivity (Wildman–Crippen MR) is 90.1 cm³/mol. The number of amides is 1. The number of halogens is 1. The Labute approximate surface area is 141 Å². The van der Waals surface area contributed by atoms with E-state index >= 15 is 0 Å². The normalized spacial score (nSPS) is 15.8. The Morgan fingerprint density at radius 1 is 1.21 bits per heavy atom. The lowest BCUT2D eigenvalue weighted by atomic mass is 10.1. The molecule has 1 amide bonds. The van der Waals surface area contributed by atoms with Crippen molar-refractivity contribution in [2.75, 3.05) is 20.2 Å². The summed E-state index contributed by atoms with van der Waals surface area (Å²) < 4.78 is 18.9. The Morgan fingerprint density at radius 2 is 1.92 bits per heavy atom. The number of benzene rings is 2. The van der Waals surface area contributed by atoms with Crippen molar-refractivity contribution in [1.29, 1.82) is 0 Å². The van der Waals surface area contributed by atoms with E-state index in [2.05, 4.69) is 11.8 Å². The Morgan fingerprint density at radius 3 is 2.54 bits per heavy atom. The van der Waals surface area contributed by atoms with Gasteiger partial charge in [0.05, 0.1) is 11.7 Å². The van der Waals surface area contributed by atoms with Crippen LogP contribution in [-0.4, -0.2) is 37.1 Å². The van der Waals surface area contributed by atoms with Gasteiger partial charge in [-0.15, -0.1) is 0 Å². The molecule has 3 rings (SSSR count). The van der Waals surface area contributed by atoms with Crippen molar-refractivity contribution < 1.29 is 13.9 Å². The zero-order chi connectivity index (χ0) is 16.9. The monoisotopic (exact) mass is 323 g/mol. The van der Waals surface area contributed by atoms with Crippen LogP contribution in [0.1, 0.15) is 27.9 Å². The van der Waals surface area contributed by atoms with Crippen LogP contribution in [0.5, 0.6) is 0 Å². The molecule has 1 aliphatic heterocycles. The van der Waals surface area contributed by atoms with Gasteiger partial charge in [0, 0.05) is 31.3 Å². The summed E-state index contributed by atoms with van der Waals surface area (Å²) in [4.78, 5) is 14.0. The van der Waals surface area contributed by atoms with Crippen LogP contribution in [0.2, 0.25) is 0 Å². The number of likely N-dealkylation sites (N-methyl/N-ethyl adjacent to an activating group) is 1. The molecule has 24 heavy (non-hydrogen) atoms. The lowest BCUT2D eigenvalue weighted by molar-refractivity contribution is -0.0603. The van der Waals surface area contributed by atoms with E-state index in [0.29, 0.717) is 17.7 Å². The second kappa shape index (κ2) is 7.29. The third kappa shape index (κ3) is 3.81. The van der Waals surface area contributed by atoms with Crippen molar-refractivity contribution in [3.8, 4) is 11.8 Å². The topological polar surface area (TPSA) is 29.5 Å². The summed E-state index contributed by atoms with van der Waals surface area (Å²) in [5, 5.41) is 0. The Kier molecular flexibility index (Phi) is 4.93. The van der Waals surface area contributed by atoms with Crippen LogP contribution in [0.3, 0.4) is 0 Å². The number of nitrogens with zero attached hydrogens (tertiary/aromatic N) is 1. The molecular formula is C20H18FNO2. The van der Waals surface area contributed by atoms with E-state index in [0.717, 1.165) is 18.6 Å². The highest BCUT2D eigenvalue weighted by Crippen LogP contribution is 2.14. The molecular weight excluding hydrogens is 305 g/mol. The van der Waals surface area contributed by atoms with Crippen LogP contribution in [0.4, 0.5) is 4.39 Å². The first-order valence-electron chi connectivity index (χ1n) is 7.87. The first-order valence-corrected chi connectivity index (χ1v) is 7.87. The summed E-state index contributed by atoms with van der Waals surface area (Å²) in [6, 6.07) is 13.4. The van der Waals surface area contributed by atoms with E-state index in [9.17, 15) is 9.18 Å². The molecule has 1 heterocycles. The van der Waals surface area contributed by atoms with Crippen LogP contribution < -0.4 is 0 Å². The van der Waals surface area contributed by atoms with Gasteiger partial charge in [0.25, 0.3) is 5.91 Å². The molecule has 0 saturated carbocycles. The molecule has 1 unspecified atom stereocenters. The fourth-order valence-corrected chi connectivity index (χ4v) is 2.44. The average Bonchev–Trinajstić information content (AvgIpc) is 2.57. The third-order valence-electron chi connectivity index (χ3n) is 3.96. The Bertz CT molecular complexity index is 785. The lowest BCUT2D eigenvalue weighted by Gasteiger charge is -2.30. The highest BCUT2D eigenvalue weighted by atomic mass is 19.1. The Hall–Kier alpha value is -2.64. The fourth-order valence-electron chi connectivity index (χ4n) is 2.44. The minimum Gasteiger partial charge on any atom is -0.376 e. The minimum absolute atomic E-state index is 0.0425. The molecule has 4 heteroatoms. The maximum Gasteiger partial charge on any atom is 0.253 e. The highest BCUT2D eigenvalue weighted by molar-refractivity contribution is 5.94. The molecule has 1 saturated heterocycles. The van der Waals surface area contributed by atoms with Gasteiger partial charge >= 0.3 is 0 Å². The third-order valence-corrected chi connectivity index (χ3v) is 3.96. The lowest BCUT2D eigenvalue weighted by Crippen LogP contribution is -2.40. The second-order valence-electron chi connectivity index (χ2n) is 5.77. The summed E-state index contributed by atoms with van der Waals surface area (Å²) in [5.41, 5.74) is 1.70. The quantitative estimate of drug-likeness (QED) is 0.813. The maximum atomic E-state index is 13.5. The highest BCUT2D eigenvalue weighted by Gasteiger charge is 2.22. The first-order chi connectivity index (χ1) is 11.6. The number of hydrogen-bond donors (Lipinski definition) is 0. The molecule has 1 aliphatic rings. The van der Waals surface area contributed by atoms with Gasteiger partial charge in [0.2, 0.25) is 0 Å². The van der Waals surface area contributed by atoms with Gasteiger partial charge in [-0.3, -0.25) is 4.79 Å². The number of ether oxygens (including phenoxy) is 1. The molecule has 0 bridgehead atoms. The minimum atomic E-state index is -0.336. The van der Waals surface area contributed by atoms with Gasteiger partial charge in [-0.2, -0.15) is 0 Å². The van der Waals surface area contributed by atoms with E-state index in [1.54, 1.807) is 54.4 Å². The molecule has 3 nitrogen and oxygen atoms in total. The molecule has 2 aromatic carbocycles. The molecule has 0 aromatic heterocycles. The van der Waals surface area contributed by atoms with E-state index in [4.69, 9.17) is 4.74 Å². The van der Waals surface area contributed by atoms with Crippen molar-refractivity contribution >= 4 is 5.91 Å². The first kappa shape index (κ1) is 16.2. The largest absolute Gasteiger partial charge is 0.376 e.